The smallest absolute Gasteiger partial charge is 0.340 e. The van der Waals surface area contributed by atoms with E-state index >= 15 is 0 Å². The van der Waals surface area contributed by atoms with Gasteiger partial charge < -0.3 is 24.5 Å². The molecule has 0 fully saturated rings. The lowest BCUT2D eigenvalue weighted by Crippen LogP contribution is -2.35. The minimum absolute atomic E-state index is 0.0838. The minimum Gasteiger partial charge on any atom is -0.497 e. The fourth-order valence-corrected chi connectivity index (χ4v) is 4.01. The number of aryl methyl sites for hydroxylation is 1. The van der Waals surface area contributed by atoms with E-state index in [1.807, 2.05) is 43.3 Å². The van der Waals surface area contributed by atoms with E-state index < -0.39 is 11.9 Å². The van der Waals surface area contributed by atoms with Gasteiger partial charge in [-0.05, 0) is 30.2 Å². The Morgan fingerprint density at radius 2 is 1.84 bits per heavy atom. The van der Waals surface area contributed by atoms with Crippen molar-refractivity contribution in [1.82, 2.24) is 4.57 Å². The second-order valence-corrected chi connectivity index (χ2v) is 7.52. The van der Waals surface area contributed by atoms with Crippen molar-refractivity contribution < 1.29 is 19.0 Å². The van der Waals surface area contributed by atoms with Crippen LogP contribution in [0.2, 0.25) is 0 Å². The second kappa shape index (κ2) is 8.63. The van der Waals surface area contributed by atoms with E-state index in [1.165, 1.54) is 7.11 Å². The van der Waals surface area contributed by atoms with Gasteiger partial charge in [0.15, 0.2) is 0 Å². The fraction of sp³-hybridized carbons (Fsp3) is 0.200. The van der Waals surface area contributed by atoms with Crippen LogP contribution in [0.3, 0.4) is 0 Å². The fourth-order valence-electron chi connectivity index (χ4n) is 4.01. The maximum atomic E-state index is 13.8. The molecule has 3 aromatic rings. The summed E-state index contributed by atoms with van der Waals surface area (Å²) in [6, 6.07) is 18.6. The Morgan fingerprint density at radius 3 is 2.53 bits per heavy atom. The van der Waals surface area contributed by atoms with Crippen molar-refractivity contribution in [2.45, 2.75) is 19.4 Å². The van der Waals surface area contributed by atoms with E-state index in [2.05, 4.69) is 0 Å². The van der Waals surface area contributed by atoms with Crippen LogP contribution in [-0.4, -0.2) is 24.8 Å². The average Bonchev–Trinajstić information content (AvgIpc) is 2.81. The number of nitrogens with zero attached hydrogens (tertiary/aromatic N) is 1. The van der Waals surface area contributed by atoms with Crippen LogP contribution >= 0.6 is 0 Å². The summed E-state index contributed by atoms with van der Waals surface area (Å²) < 4.78 is 17.8. The molecule has 4 rings (SSSR count). The Balaban J connectivity index is 1.95. The number of benzene rings is 2. The maximum Gasteiger partial charge on any atom is 0.340 e. The Kier molecular flexibility index (Phi) is 5.73. The van der Waals surface area contributed by atoms with Gasteiger partial charge in [-0.1, -0.05) is 42.5 Å². The molecule has 1 aliphatic heterocycles. The van der Waals surface area contributed by atoms with Gasteiger partial charge in [-0.25, -0.2) is 4.79 Å². The summed E-state index contributed by atoms with van der Waals surface area (Å²) in [4.78, 5) is 26.5. The van der Waals surface area contributed by atoms with Crippen LogP contribution in [0, 0.1) is 6.92 Å². The van der Waals surface area contributed by atoms with Gasteiger partial charge in [0.1, 0.15) is 17.1 Å². The van der Waals surface area contributed by atoms with Crippen LogP contribution in [-0.2, 0) is 16.1 Å². The zero-order valence-corrected chi connectivity index (χ0v) is 18.1. The van der Waals surface area contributed by atoms with Crippen LogP contribution in [0.25, 0.3) is 0 Å². The molecule has 0 saturated carbocycles. The van der Waals surface area contributed by atoms with E-state index in [-0.39, 0.29) is 17.0 Å². The monoisotopic (exact) mass is 432 g/mol. The van der Waals surface area contributed by atoms with Crippen LogP contribution in [0.5, 0.6) is 11.5 Å². The molecule has 1 unspecified atom stereocenters. The Hall–Kier alpha value is -4.00. The maximum absolute atomic E-state index is 13.8. The van der Waals surface area contributed by atoms with Gasteiger partial charge in [0.25, 0.3) is 5.56 Å². The molecule has 1 aromatic heterocycles. The molecule has 7 nitrogen and oxygen atoms in total. The first-order valence-electron chi connectivity index (χ1n) is 10.1. The van der Waals surface area contributed by atoms with E-state index in [9.17, 15) is 9.59 Å². The molecule has 0 saturated heterocycles. The van der Waals surface area contributed by atoms with Crippen molar-refractivity contribution in [2.24, 2.45) is 5.73 Å². The number of fused-ring (bicyclic) bond motifs is 1. The predicted molar refractivity (Wildman–Crippen MR) is 120 cm³/mol. The van der Waals surface area contributed by atoms with Gasteiger partial charge in [-0.15, -0.1) is 0 Å². The first-order chi connectivity index (χ1) is 15.4. The number of rotatable bonds is 5. The van der Waals surface area contributed by atoms with E-state index in [1.54, 1.807) is 35.9 Å². The number of carbonyl (C=O) groups excluding carboxylic acids is 1. The molecule has 1 atom stereocenters. The number of ether oxygens (including phenoxy) is 3. The summed E-state index contributed by atoms with van der Waals surface area (Å²) in [6.45, 7) is 2.22. The molecule has 0 bridgehead atoms. The number of carbonyl (C=O) groups is 1. The second-order valence-electron chi connectivity index (χ2n) is 7.52. The van der Waals surface area contributed by atoms with Gasteiger partial charge >= 0.3 is 5.97 Å². The third-order valence-corrected chi connectivity index (χ3v) is 5.59. The Bertz CT molecular complexity index is 1260. The predicted octanol–water partition coefficient (Wildman–Crippen LogP) is 3.08. The molecule has 0 spiro atoms. The van der Waals surface area contributed by atoms with Gasteiger partial charge in [-0.2, -0.15) is 0 Å². The topological polar surface area (TPSA) is 92.8 Å². The van der Waals surface area contributed by atoms with E-state index in [4.69, 9.17) is 19.9 Å². The third kappa shape index (κ3) is 3.73. The zero-order valence-electron chi connectivity index (χ0n) is 18.1. The highest BCUT2D eigenvalue weighted by Gasteiger charge is 2.38. The molecule has 0 amide bonds. The summed E-state index contributed by atoms with van der Waals surface area (Å²) in [5.41, 5.74) is 8.67. The highest BCUT2D eigenvalue weighted by atomic mass is 16.5. The van der Waals surface area contributed by atoms with E-state index in [0.717, 1.165) is 11.3 Å². The van der Waals surface area contributed by atoms with Crippen molar-refractivity contribution in [1.29, 1.82) is 0 Å². The molecule has 2 heterocycles. The van der Waals surface area contributed by atoms with Crippen molar-refractivity contribution >= 4 is 5.97 Å². The molecule has 32 heavy (non-hydrogen) atoms. The van der Waals surface area contributed by atoms with Gasteiger partial charge in [0, 0.05) is 11.8 Å². The van der Waals surface area contributed by atoms with Gasteiger partial charge in [-0.3, -0.25) is 4.79 Å². The lowest BCUT2D eigenvalue weighted by atomic mass is 9.83. The number of hydrogen-bond acceptors (Lipinski definition) is 6. The summed E-state index contributed by atoms with van der Waals surface area (Å²) in [7, 11) is 2.82. The normalized spacial score (nSPS) is 15.0. The molecule has 1 aliphatic rings. The zero-order chi connectivity index (χ0) is 22.8. The van der Waals surface area contributed by atoms with Crippen molar-refractivity contribution in [2.75, 3.05) is 14.2 Å². The van der Waals surface area contributed by atoms with Crippen LogP contribution in [0.4, 0.5) is 0 Å². The summed E-state index contributed by atoms with van der Waals surface area (Å²) in [5, 5.41) is 0. The largest absolute Gasteiger partial charge is 0.497 e. The molecular formula is C25H24N2O5. The third-order valence-electron chi connectivity index (χ3n) is 5.59. The summed E-state index contributed by atoms with van der Waals surface area (Å²) in [5.74, 6) is -0.589. The van der Waals surface area contributed by atoms with Crippen molar-refractivity contribution in [3.8, 4) is 11.5 Å². The lowest BCUT2D eigenvalue weighted by Gasteiger charge is -2.29. The van der Waals surface area contributed by atoms with Gasteiger partial charge in [0.05, 0.1) is 32.2 Å². The summed E-state index contributed by atoms with van der Waals surface area (Å²) >= 11 is 0. The SMILES string of the molecule is COC(=O)C1=C(N)Oc2cc(C)n(Cc3ccccc3)c(=O)c2C1c1cccc(OC)c1. The first-order valence-corrected chi connectivity index (χ1v) is 10.1. The first kappa shape index (κ1) is 21.2. The standard InChI is InChI=1S/C25H24N2O5/c1-15-12-19-21(24(28)27(15)14-16-8-5-4-6-9-16)20(17-10-7-11-18(13-17)30-2)22(23(26)32-19)25(29)31-3/h4-13,20H,14,26H2,1-3H3. The van der Waals surface area contributed by atoms with Crippen molar-refractivity contribution in [3.05, 3.63) is 105 Å². The van der Waals surface area contributed by atoms with Crippen molar-refractivity contribution in [3.63, 3.8) is 0 Å². The molecule has 2 N–H and O–H groups in total. The molecule has 164 valence electrons. The number of esters is 1. The number of nitrogens with two attached hydrogens (primary N) is 1. The molecular weight excluding hydrogens is 408 g/mol. The Morgan fingerprint density at radius 1 is 1.09 bits per heavy atom. The number of hydrogen-bond donors (Lipinski definition) is 1. The highest BCUT2D eigenvalue weighted by Crippen LogP contribution is 2.42. The molecule has 0 aliphatic carbocycles. The molecule has 7 heteroatoms. The highest BCUT2D eigenvalue weighted by molar-refractivity contribution is 5.92. The van der Waals surface area contributed by atoms with Crippen LogP contribution in [0.1, 0.15) is 28.3 Å². The van der Waals surface area contributed by atoms with Gasteiger partial charge in [0.2, 0.25) is 5.88 Å². The number of methoxy groups -OCH3 is 2. The van der Waals surface area contributed by atoms with Crippen LogP contribution in [0.15, 0.2) is 76.9 Å². The quantitative estimate of drug-likeness (QED) is 0.623. The number of aromatic nitrogens is 1. The molecule has 2 aromatic carbocycles. The van der Waals surface area contributed by atoms with E-state index in [0.29, 0.717) is 29.2 Å². The van der Waals surface area contributed by atoms with Crippen LogP contribution < -0.4 is 20.8 Å². The molecule has 0 radical (unpaired) electrons. The number of pyridine rings is 1. The summed E-state index contributed by atoms with van der Waals surface area (Å²) in [6.07, 6.45) is 0. The lowest BCUT2D eigenvalue weighted by molar-refractivity contribution is -0.136. The minimum atomic E-state index is -0.767. The Labute approximate surface area is 185 Å². The average molecular weight is 432 g/mol.